The van der Waals surface area contributed by atoms with Crippen LogP contribution in [0.2, 0.25) is 0 Å². The van der Waals surface area contributed by atoms with Gasteiger partial charge in [0, 0.05) is 18.6 Å². The zero-order valence-electron chi connectivity index (χ0n) is 10.7. The van der Waals surface area contributed by atoms with Crippen LogP contribution < -0.4 is 10.6 Å². The molecule has 1 heterocycles. The molecule has 1 saturated heterocycles. The van der Waals surface area contributed by atoms with Gasteiger partial charge in [0.1, 0.15) is 6.04 Å². The molecule has 0 aliphatic carbocycles. The van der Waals surface area contributed by atoms with Crippen LogP contribution in [0.1, 0.15) is 23.2 Å². The number of nitro groups is 1. The number of anilines is 1. The minimum Gasteiger partial charge on any atom is -0.478 e. The fraction of sp³-hybridized carbons (Fsp3) is 0.250. The van der Waals surface area contributed by atoms with Gasteiger partial charge in [-0.25, -0.2) is 4.79 Å². The van der Waals surface area contributed by atoms with E-state index in [4.69, 9.17) is 5.11 Å². The van der Waals surface area contributed by atoms with E-state index in [9.17, 15) is 24.5 Å². The van der Waals surface area contributed by atoms with Gasteiger partial charge in [-0.05, 0) is 12.5 Å². The molecule has 1 aliphatic heterocycles. The molecule has 0 aromatic heterocycles. The van der Waals surface area contributed by atoms with Crippen LogP contribution in [-0.4, -0.2) is 33.9 Å². The van der Waals surface area contributed by atoms with Gasteiger partial charge in [-0.1, -0.05) is 0 Å². The lowest BCUT2D eigenvalue weighted by Gasteiger charge is -2.23. The van der Waals surface area contributed by atoms with Gasteiger partial charge in [0.2, 0.25) is 11.8 Å². The molecule has 3 N–H and O–H groups in total. The van der Waals surface area contributed by atoms with Gasteiger partial charge >= 0.3 is 5.97 Å². The number of hydrogen-bond acceptors (Lipinski definition) is 6. The highest BCUT2D eigenvalue weighted by Gasteiger charge is 2.28. The summed E-state index contributed by atoms with van der Waals surface area (Å²) in [5.74, 6) is -2.27. The monoisotopic (exact) mass is 293 g/mol. The van der Waals surface area contributed by atoms with Gasteiger partial charge < -0.3 is 10.4 Å². The first-order valence-corrected chi connectivity index (χ1v) is 6.00. The van der Waals surface area contributed by atoms with Gasteiger partial charge in [-0.3, -0.25) is 25.0 Å². The third-order valence-electron chi connectivity index (χ3n) is 3.01. The van der Waals surface area contributed by atoms with E-state index >= 15 is 0 Å². The van der Waals surface area contributed by atoms with Crippen LogP contribution >= 0.6 is 0 Å². The first kappa shape index (κ1) is 14.4. The maximum atomic E-state index is 11.6. The minimum atomic E-state index is -1.28. The SMILES string of the molecule is O=C1CCC(Nc2cc([N+](=O)[O-])ccc2C(=O)O)C(=O)N1. The summed E-state index contributed by atoms with van der Waals surface area (Å²) < 4.78 is 0. The van der Waals surface area contributed by atoms with Gasteiger partial charge in [-0.15, -0.1) is 0 Å². The number of nitrogens with one attached hydrogen (secondary N) is 2. The molecule has 9 heteroatoms. The van der Waals surface area contributed by atoms with E-state index in [1.165, 1.54) is 0 Å². The number of aromatic carboxylic acids is 1. The molecular weight excluding hydrogens is 282 g/mol. The Labute approximate surface area is 118 Å². The van der Waals surface area contributed by atoms with Crippen LogP contribution in [0.15, 0.2) is 18.2 Å². The summed E-state index contributed by atoms with van der Waals surface area (Å²) >= 11 is 0. The summed E-state index contributed by atoms with van der Waals surface area (Å²) in [5.41, 5.74) is -0.522. The summed E-state index contributed by atoms with van der Waals surface area (Å²) in [6.07, 6.45) is 0.299. The normalized spacial score (nSPS) is 18.0. The second-order valence-corrected chi connectivity index (χ2v) is 4.44. The van der Waals surface area contributed by atoms with Crippen molar-refractivity contribution in [3.8, 4) is 0 Å². The molecule has 0 spiro atoms. The van der Waals surface area contributed by atoms with Crippen molar-refractivity contribution < 1.29 is 24.4 Å². The largest absolute Gasteiger partial charge is 0.478 e. The fourth-order valence-electron chi connectivity index (χ4n) is 1.97. The third kappa shape index (κ3) is 3.14. The summed E-state index contributed by atoms with van der Waals surface area (Å²) in [6.45, 7) is 0. The number of carbonyl (C=O) groups excluding carboxylic acids is 2. The number of carbonyl (C=O) groups is 3. The number of benzene rings is 1. The number of hydrogen-bond donors (Lipinski definition) is 3. The molecule has 0 saturated carbocycles. The summed E-state index contributed by atoms with van der Waals surface area (Å²) in [6, 6.07) is 2.39. The number of carboxylic acids is 1. The predicted octanol–water partition coefficient (Wildman–Crippen LogP) is 0.510. The molecule has 1 aromatic carbocycles. The maximum Gasteiger partial charge on any atom is 0.337 e. The molecule has 110 valence electrons. The third-order valence-corrected chi connectivity index (χ3v) is 3.01. The standard InChI is InChI=1S/C12H11N3O6/c16-10-4-3-8(11(17)14-10)13-9-5-6(15(20)21)1-2-7(9)12(18)19/h1-2,5,8,13H,3-4H2,(H,18,19)(H,14,16,17). The van der Waals surface area contributed by atoms with Crippen molar-refractivity contribution in [1.82, 2.24) is 5.32 Å². The smallest absolute Gasteiger partial charge is 0.337 e. The van der Waals surface area contributed by atoms with Crippen molar-refractivity contribution in [3.63, 3.8) is 0 Å². The van der Waals surface area contributed by atoms with Crippen LogP contribution in [-0.2, 0) is 9.59 Å². The van der Waals surface area contributed by atoms with Crippen LogP contribution in [0.4, 0.5) is 11.4 Å². The first-order chi connectivity index (χ1) is 9.88. The lowest BCUT2D eigenvalue weighted by Crippen LogP contribution is -2.47. The highest BCUT2D eigenvalue weighted by molar-refractivity contribution is 6.02. The molecule has 0 radical (unpaired) electrons. The van der Waals surface area contributed by atoms with E-state index in [1.807, 2.05) is 0 Å². The van der Waals surface area contributed by atoms with Crippen LogP contribution in [0.25, 0.3) is 0 Å². The quantitative estimate of drug-likeness (QED) is 0.417. The van der Waals surface area contributed by atoms with Crippen LogP contribution in [0.3, 0.4) is 0 Å². The van der Waals surface area contributed by atoms with Gasteiger partial charge in [0.05, 0.1) is 16.2 Å². The molecule has 1 fully saturated rings. The zero-order chi connectivity index (χ0) is 15.6. The Balaban J connectivity index is 2.30. The number of nitro benzene ring substituents is 1. The Kier molecular flexibility index (Phi) is 3.83. The van der Waals surface area contributed by atoms with Crippen molar-refractivity contribution in [3.05, 3.63) is 33.9 Å². The van der Waals surface area contributed by atoms with E-state index in [1.54, 1.807) is 0 Å². The Morgan fingerprint density at radius 2 is 2.14 bits per heavy atom. The molecule has 0 bridgehead atoms. The van der Waals surface area contributed by atoms with E-state index in [0.29, 0.717) is 0 Å². The van der Waals surface area contributed by atoms with E-state index in [-0.39, 0.29) is 29.8 Å². The first-order valence-electron chi connectivity index (χ1n) is 6.00. The Morgan fingerprint density at radius 1 is 1.43 bits per heavy atom. The molecule has 1 atom stereocenters. The number of nitrogens with zero attached hydrogens (tertiary/aromatic N) is 1. The van der Waals surface area contributed by atoms with E-state index in [0.717, 1.165) is 18.2 Å². The molecule has 1 aliphatic rings. The number of carboxylic acid groups (broad SMARTS) is 1. The summed E-state index contributed by atoms with van der Waals surface area (Å²) in [7, 11) is 0. The van der Waals surface area contributed by atoms with Crippen molar-refractivity contribution in [2.24, 2.45) is 0 Å². The number of piperidine rings is 1. The predicted molar refractivity (Wildman–Crippen MR) is 69.9 cm³/mol. The second-order valence-electron chi connectivity index (χ2n) is 4.44. The molecule has 21 heavy (non-hydrogen) atoms. The summed E-state index contributed by atoms with van der Waals surface area (Å²) in [5, 5.41) is 24.6. The van der Waals surface area contributed by atoms with Gasteiger partial charge in [-0.2, -0.15) is 0 Å². The molecule has 1 aromatic rings. The lowest BCUT2D eigenvalue weighted by molar-refractivity contribution is -0.384. The number of rotatable bonds is 4. The number of amides is 2. The van der Waals surface area contributed by atoms with Crippen LogP contribution in [0.5, 0.6) is 0 Å². The zero-order valence-corrected chi connectivity index (χ0v) is 10.7. The topological polar surface area (TPSA) is 139 Å². The van der Waals surface area contributed by atoms with Crippen molar-refractivity contribution in [2.75, 3.05) is 5.32 Å². The molecular formula is C12H11N3O6. The molecule has 2 amide bonds. The average Bonchev–Trinajstić information content (AvgIpc) is 2.41. The molecule has 9 nitrogen and oxygen atoms in total. The van der Waals surface area contributed by atoms with Crippen molar-refractivity contribution in [2.45, 2.75) is 18.9 Å². The fourth-order valence-corrected chi connectivity index (χ4v) is 1.97. The minimum absolute atomic E-state index is 0.0359. The van der Waals surface area contributed by atoms with Gasteiger partial charge in [0.15, 0.2) is 0 Å². The van der Waals surface area contributed by atoms with E-state index < -0.39 is 28.7 Å². The Morgan fingerprint density at radius 3 is 2.71 bits per heavy atom. The number of imide groups is 1. The Bertz CT molecular complexity index is 642. The average molecular weight is 293 g/mol. The highest BCUT2D eigenvalue weighted by atomic mass is 16.6. The number of non-ortho nitro benzene ring substituents is 1. The molecule has 2 rings (SSSR count). The Hall–Kier alpha value is -2.97. The summed E-state index contributed by atoms with van der Waals surface area (Å²) in [4.78, 5) is 43.9. The van der Waals surface area contributed by atoms with Crippen LogP contribution in [0, 0.1) is 10.1 Å². The maximum absolute atomic E-state index is 11.6. The van der Waals surface area contributed by atoms with Crippen molar-refractivity contribution >= 4 is 29.2 Å². The van der Waals surface area contributed by atoms with E-state index in [2.05, 4.69) is 10.6 Å². The molecule has 1 unspecified atom stereocenters. The second kappa shape index (κ2) is 5.57. The van der Waals surface area contributed by atoms with Gasteiger partial charge in [0.25, 0.3) is 5.69 Å². The highest BCUT2D eigenvalue weighted by Crippen LogP contribution is 2.24. The lowest BCUT2D eigenvalue weighted by atomic mass is 10.0. The van der Waals surface area contributed by atoms with Crippen molar-refractivity contribution in [1.29, 1.82) is 0 Å².